The summed E-state index contributed by atoms with van der Waals surface area (Å²) in [6.07, 6.45) is 7.90. The van der Waals surface area contributed by atoms with E-state index in [9.17, 15) is 8.42 Å². The van der Waals surface area contributed by atoms with Crippen LogP contribution in [0.25, 0.3) is 0 Å². The van der Waals surface area contributed by atoms with Crippen LogP contribution >= 0.6 is 0 Å². The summed E-state index contributed by atoms with van der Waals surface area (Å²) in [5.41, 5.74) is 5.77. The molecule has 6 nitrogen and oxygen atoms in total. The van der Waals surface area contributed by atoms with Gasteiger partial charge in [-0.2, -0.15) is 4.98 Å². The molecule has 1 heterocycles. The standard InChI is InChI=1S/C13H21N3O3S/c1-20(17,18)13(8-4-5-9-13)11-15-10(16-19-11)12(14)6-2-3-7-12/h2-9,14H2,1H3. The molecule has 20 heavy (non-hydrogen) atoms. The second-order valence-electron chi connectivity index (χ2n) is 6.26. The summed E-state index contributed by atoms with van der Waals surface area (Å²) < 4.78 is 28.8. The van der Waals surface area contributed by atoms with Gasteiger partial charge in [-0.15, -0.1) is 0 Å². The van der Waals surface area contributed by atoms with Crippen molar-refractivity contribution in [2.75, 3.05) is 6.26 Å². The highest BCUT2D eigenvalue weighted by Crippen LogP contribution is 2.45. The molecule has 0 bridgehead atoms. The molecule has 2 aliphatic carbocycles. The molecular weight excluding hydrogens is 278 g/mol. The van der Waals surface area contributed by atoms with Crippen LogP contribution in [0.3, 0.4) is 0 Å². The number of nitrogens with two attached hydrogens (primary N) is 1. The van der Waals surface area contributed by atoms with E-state index in [4.69, 9.17) is 10.3 Å². The summed E-state index contributed by atoms with van der Waals surface area (Å²) in [5, 5.41) is 4.00. The lowest BCUT2D eigenvalue weighted by Gasteiger charge is -2.22. The van der Waals surface area contributed by atoms with Crippen LogP contribution in [-0.4, -0.2) is 24.8 Å². The summed E-state index contributed by atoms with van der Waals surface area (Å²) in [6, 6.07) is 0. The molecule has 2 aliphatic rings. The summed E-state index contributed by atoms with van der Waals surface area (Å²) in [7, 11) is -3.28. The van der Waals surface area contributed by atoms with Gasteiger partial charge in [0.25, 0.3) is 0 Å². The maximum absolute atomic E-state index is 12.2. The predicted octanol–water partition coefficient (Wildman–Crippen LogP) is 1.61. The van der Waals surface area contributed by atoms with Crippen molar-refractivity contribution in [3.8, 4) is 0 Å². The zero-order chi connectivity index (χ0) is 14.4. The largest absolute Gasteiger partial charge is 0.338 e. The van der Waals surface area contributed by atoms with Gasteiger partial charge in [0.15, 0.2) is 20.4 Å². The molecule has 0 radical (unpaired) electrons. The van der Waals surface area contributed by atoms with Crippen molar-refractivity contribution in [1.82, 2.24) is 10.1 Å². The van der Waals surface area contributed by atoms with Gasteiger partial charge < -0.3 is 10.3 Å². The Morgan fingerprint density at radius 1 is 1.10 bits per heavy atom. The number of hydrogen-bond acceptors (Lipinski definition) is 6. The van der Waals surface area contributed by atoms with E-state index in [1.807, 2.05) is 0 Å². The highest BCUT2D eigenvalue weighted by molar-refractivity contribution is 7.91. The zero-order valence-electron chi connectivity index (χ0n) is 11.8. The molecule has 0 atom stereocenters. The maximum atomic E-state index is 12.2. The zero-order valence-corrected chi connectivity index (χ0v) is 12.6. The second-order valence-corrected chi connectivity index (χ2v) is 8.59. The Hall–Kier alpha value is -0.950. The molecule has 2 fully saturated rings. The van der Waals surface area contributed by atoms with E-state index in [1.165, 1.54) is 6.26 Å². The molecule has 2 N–H and O–H groups in total. The van der Waals surface area contributed by atoms with Crippen molar-refractivity contribution < 1.29 is 12.9 Å². The first-order chi connectivity index (χ1) is 9.37. The van der Waals surface area contributed by atoms with E-state index in [0.29, 0.717) is 18.7 Å². The first-order valence-corrected chi connectivity index (χ1v) is 9.10. The van der Waals surface area contributed by atoms with Crippen molar-refractivity contribution in [2.24, 2.45) is 5.73 Å². The predicted molar refractivity (Wildman–Crippen MR) is 73.6 cm³/mol. The minimum absolute atomic E-state index is 0.240. The highest BCUT2D eigenvalue weighted by Gasteiger charge is 2.50. The number of nitrogens with zero attached hydrogens (tertiary/aromatic N) is 2. The molecule has 2 saturated carbocycles. The van der Waals surface area contributed by atoms with E-state index >= 15 is 0 Å². The Kier molecular flexibility index (Phi) is 3.17. The smallest absolute Gasteiger partial charge is 0.248 e. The molecular formula is C13H21N3O3S. The third-order valence-electron chi connectivity index (χ3n) is 4.88. The molecule has 0 spiro atoms. The van der Waals surface area contributed by atoms with Gasteiger partial charge in [0, 0.05) is 6.26 Å². The number of sulfone groups is 1. The van der Waals surface area contributed by atoms with Gasteiger partial charge in [-0.3, -0.25) is 0 Å². The average molecular weight is 299 g/mol. The quantitative estimate of drug-likeness (QED) is 0.910. The fourth-order valence-corrected chi connectivity index (χ4v) is 4.96. The number of hydrogen-bond donors (Lipinski definition) is 1. The molecule has 0 amide bonds. The van der Waals surface area contributed by atoms with Crippen LogP contribution in [0.5, 0.6) is 0 Å². The first kappa shape index (κ1) is 14.0. The van der Waals surface area contributed by atoms with Crippen molar-refractivity contribution in [3.63, 3.8) is 0 Å². The first-order valence-electron chi connectivity index (χ1n) is 7.21. The highest BCUT2D eigenvalue weighted by atomic mass is 32.2. The van der Waals surface area contributed by atoms with Gasteiger partial charge >= 0.3 is 0 Å². The van der Waals surface area contributed by atoms with Crippen molar-refractivity contribution in [1.29, 1.82) is 0 Å². The third-order valence-corrected chi connectivity index (χ3v) is 6.88. The Morgan fingerprint density at radius 2 is 1.65 bits per heavy atom. The van der Waals surface area contributed by atoms with E-state index in [1.54, 1.807) is 0 Å². The molecule has 3 rings (SSSR count). The van der Waals surface area contributed by atoms with Gasteiger partial charge in [0.1, 0.15) is 0 Å². The Morgan fingerprint density at radius 3 is 2.20 bits per heavy atom. The molecule has 7 heteroatoms. The van der Waals surface area contributed by atoms with Crippen molar-refractivity contribution in [3.05, 3.63) is 11.7 Å². The lowest BCUT2D eigenvalue weighted by molar-refractivity contribution is 0.318. The number of aromatic nitrogens is 2. The average Bonchev–Trinajstić information content (AvgIpc) is 3.08. The molecule has 0 aromatic carbocycles. The van der Waals surface area contributed by atoms with E-state index in [2.05, 4.69) is 10.1 Å². The molecule has 1 aromatic rings. The summed E-state index contributed by atoms with van der Waals surface area (Å²) in [6.45, 7) is 0. The van der Waals surface area contributed by atoms with Crippen LogP contribution in [0.1, 0.15) is 63.1 Å². The van der Waals surface area contributed by atoms with Gasteiger partial charge in [0.2, 0.25) is 5.89 Å². The lowest BCUT2D eigenvalue weighted by atomic mass is 9.98. The summed E-state index contributed by atoms with van der Waals surface area (Å²) in [4.78, 5) is 4.40. The van der Waals surface area contributed by atoms with Gasteiger partial charge in [0.05, 0.1) is 5.54 Å². The van der Waals surface area contributed by atoms with Crippen LogP contribution in [0, 0.1) is 0 Å². The summed E-state index contributed by atoms with van der Waals surface area (Å²) in [5.74, 6) is 0.712. The van der Waals surface area contributed by atoms with E-state index in [-0.39, 0.29) is 5.89 Å². The minimum Gasteiger partial charge on any atom is -0.338 e. The van der Waals surface area contributed by atoms with Crippen LogP contribution in [0.2, 0.25) is 0 Å². The monoisotopic (exact) mass is 299 g/mol. The van der Waals surface area contributed by atoms with Crippen LogP contribution in [-0.2, 0) is 20.1 Å². The number of rotatable bonds is 3. The van der Waals surface area contributed by atoms with Crippen molar-refractivity contribution in [2.45, 2.75) is 61.7 Å². The van der Waals surface area contributed by atoms with E-state index in [0.717, 1.165) is 38.5 Å². The van der Waals surface area contributed by atoms with Crippen molar-refractivity contribution >= 4 is 9.84 Å². The van der Waals surface area contributed by atoms with Gasteiger partial charge in [-0.05, 0) is 25.7 Å². The fourth-order valence-electron chi connectivity index (χ4n) is 3.53. The lowest BCUT2D eigenvalue weighted by Crippen LogP contribution is -2.35. The van der Waals surface area contributed by atoms with Gasteiger partial charge in [-0.1, -0.05) is 30.8 Å². The molecule has 0 unspecified atom stereocenters. The topological polar surface area (TPSA) is 99.1 Å². The Balaban J connectivity index is 2.00. The SMILES string of the molecule is CS(=O)(=O)C1(c2nc(C3(N)CCCC3)no2)CCCC1. The molecule has 1 aromatic heterocycles. The van der Waals surface area contributed by atoms with Crippen LogP contribution in [0.15, 0.2) is 4.52 Å². The minimum atomic E-state index is -3.28. The molecule has 0 aliphatic heterocycles. The Labute approximate surface area is 119 Å². The van der Waals surface area contributed by atoms with Gasteiger partial charge in [-0.25, -0.2) is 8.42 Å². The van der Waals surface area contributed by atoms with Crippen LogP contribution < -0.4 is 5.73 Å². The normalized spacial score (nSPS) is 25.1. The molecule has 112 valence electrons. The maximum Gasteiger partial charge on any atom is 0.248 e. The third kappa shape index (κ3) is 1.98. The fraction of sp³-hybridized carbons (Fsp3) is 0.846. The van der Waals surface area contributed by atoms with Crippen LogP contribution in [0.4, 0.5) is 0 Å². The Bertz CT molecular complexity index is 596. The van der Waals surface area contributed by atoms with E-state index < -0.39 is 20.1 Å². The summed E-state index contributed by atoms with van der Waals surface area (Å²) >= 11 is 0. The second kappa shape index (κ2) is 4.53. The molecule has 0 saturated heterocycles.